The number of halogens is 2. The third-order valence-corrected chi connectivity index (χ3v) is 3.88. The molecule has 0 aliphatic heterocycles. The maximum Gasteiger partial charge on any atom is 0.150 e. The van der Waals surface area contributed by atoms with Gasteiger partial charge in [-0.2, -0.15) is 0 Å². The van der Waals surface area contributed by atoms with E-state index in [2.05, 4.69) is 4.57 Å². The molecule has 0 unspecified atom stereocenters. The van der Waals surface area contributed by atoms with Crippen molar-refractivity contribution in [2.24, 2.45) is 0 Å². The third-order valence-electron chi connectivity index (χ3n) is 3.29. The minimum Gasteiger partial charge on any atom is -0.343 e. The van der Waals surface area contributed by atoms with Gasteiger partial charge in [-0.15, -0.1) is 0 Å². The van der Waals surface area contributed by atoms with E-state index >= 15 is 0 Å². The Morgan fingerprint density at radius 2 is 1.90 bits per heavy atom. The van der Waals surface area contributed by atoms with Crippen molar-refractivity contribution in [3.63, 3.8) is 0 Å². The minimum absolute atomic E-state index is 0.624. The molecule has 4 heteroatoms. The summed E-state index contributed by atoms with van der Waals surface area (Å²) in [6, 6.07) is 13.1. The Hall–Kier alpha value is -1.77. The number of aldehydes is 1. The fourth-order valence-electron chi connectivity index (χ4n) is 2.25. The summed E-state index contributed by atoms with van der Waals surface area (Å²) >= 11 is 12.1. The number of rotatable bonds is 3. The van der Waals surface area contributed by atoms with Crippen LogP contribution in [0, 0.1) is 0 Å². The molecule has 0 aliphatic rings. The van der Waals surface area contributed by atoms with Gasteiger partial charge in [0.25, 0.3) is 0 Å². The van der Waals surface area contributed by atoms with Gasteiger partial charge in [-0.05, 0) is 35.2 Å². The molecule has 0 aliphatic carbocycles. The van der Waals surface area contributed by atoms with Crippen LogP contribution in [0.1, 0.15) is 15.9 Å². The monoisotopic (exact) mass is 303 g/mol. The third kappa shape index (κ3) is 2.45. The largest absolute Gasteiger partial charge is 0.343 e. The van der Waals surface area contributed by atoms with Crippen LogP contribution in [-0.4, -0.2) is 10.9 Å². The highest BCUT2D eigenvalue weighted by atomic mass is 35.5. The Morgan fingerprint density at radius 3 is 2.65 bits per heavy atom. The molecule has 20 heavy (non-hydrogen) atoms. The highest BCUT2D eigenvalue weighted by molar-refractivity contribution is 6.35. The average Bonchev–Trinajstić information content (AvgIpc) is 2.84. The summed E-state index contributed by atoms with van der Waals surface area (Å²) in [7, 11) is 0. The van der Waals surface area contributed by atoms with Crippen molar-refractivity contribution in [2.75, 3.05) is 0 Å². The quantitative estimate of drug-likeness (QED) is 0.636. The number of fused-ring (bicyclic) bond motifs is 1. The molecule has 0 radical (unpaired) electrons. The van der Waals surface area contributed by atoms with E-state index in [4.69, 9.17) is 23.2 Å². The van der Waals surface area contributed by atoms with Crippen LogP contribution in [0.25, 0.3) is 10.9 Å². The van der Waals surface area contributed by atoms with Gasteiger partial charge in [-0.1, -0.05) is 41.4 Å². The summed E-state index contributed by atoms with van der Waals surface area (Å²) in [5.41, 5.74) is 2.67. The van der Waals surface area contributed by atoms with Gasteiger partial charge in [0, 0.05) is 33.9 Å². The Bertz CT molecular complexity index is 792. The second kappa shape index (κ2) is 5.31. The molecule has 1 heterocycles. The summed E-state index contributed by atoms with van der Waals surface area (Å²) in [6.07, 6.45) is 2.84. The van der Waals surface area contributed by atoms with E-state index in [-0.39, 0.29) is 0 Å². The number of carbonyl (C=O) groups excluding carboxylic acids is 1. The van der Waals surface area contributed by atoms with Crippen LogP contribution in [0.4, 0.5) is 0 Å². The summed E-state index contributed by atoms with van der Waals surface area (Å²) in [5, 5.41) is 2.37. The van der Waals surface area contributed by atoms with Crippen molar-refractivity contribution in [3.05, 3.63) is 69.8 Å². The zero-order valence-electron chi connectivity index (χ0n) is 10.5. The molecule has 0 bridgehead atoms. The van der Waals surface area contributed by atoms with Crippen molar-refractivity contribution in [1.29, 1.82) is 0 Å². The molecular formula is C16H11Cl2NO. The van der Waals surface area contributed by atoms with Crippen LogP contribution in [0.2, 0.25) is 10.0 Å². The van der Waals surface area contributed by atoms with Gasteiger partial charge >= 0.3 is 0 Å². The zero-order valence-corrected chi connectivity index (χ0v) is 12.0. The predicted octanol–water partition coefficient (Wildman–Crippen LogP) is 4.81. The number of nitrogens with zero attached hydrogens (tertiary/aromatic N) is 1. The van der Waals surface area contributed by atoms with Crippen molar-refractivity contribution < 1.29 is 4.79 Å². The fraction of sp³-hybridized carbons (Fsp3) is 0.0625. The van der Waals surface area contributed by atoms with E-state index in [1.165, 1.54) is 0 Å². The molecule has 2 aromatic carbocycles. The van der Waals surface area contributed by atoms with Gasteiger partial charge < -0.3 is 4.57 Å². The molecule has 1 aromatic heterocycles. The van der Waals surface area contributed by atoms with Gasteiger partial charge in [0.2, 0.25) is 0 Å². The van der Waals surface area contributed by atoms with Gasteiger partial charge in [-0.25, -0.2) is 0 Å². The van der Waals surface area contributed by atoms with Crippen LogP contribution in [0.15, 0.2) is 48.7 Å². The second-order valence-electron chi connectivity index (χ2n) is 4.62. The first kappa shape index (κ1) is 13.2. The first-order valence-electron chi connectivity index (χ1n) is 6.15. The van der Waals surface area contributed by atoms with E-state index < -0.39 is 0 Å². The predicted molar refractivity (Wildman–Crippen MR) is 82.9 cm³/mol. The van der Waals surface area contributed by atoms with E-state index in [1.807, 2.05) is 42.6 Å². The fourth-order valence-corrected chi connectivity index (χ4v) is 2.71. The molecule has 2 nitrogen and oxygen atoms in total. The SMILES string of the molecule is O=Cc1ccc2ccn(Cc3ccc(Cl)cc3Cl)c2c1. The molecule has 3 aromatic rings. The average molecular weight is 304 g/mol. The number of hydrogen-bond donors (Lipinski definition) is 0. The molecular weight excluding hydrogens is 293 g/mol. The summed E-state index contributed by atoms with van der Waals surface area (Å²) in [5.74, 6) is 0. The Morgan fingerprint density at radius 1 is 1.05 bits per heavy atom. The number of benzene rings is 2. The lowest BCUT2D eigenvalue weighted by atomic mass is 10.2. The lowest BCUT2D eigenvalue weighted by Gasteiger charge is -2.08. The standard InChI is InChI=1S/C16H11Cl2NO/c17-14-4-3-13(15(18)8-14)9-19-6-5-12-2-1-11(10-20)7-16(12)19/h1-8,10H,9H2. The first-order chi connectivity index (χ1) is 9.67. The molecule has 100 valence electrons. The van der Waals surface area contributed by atoms with E-state index in [0.29, 0.717) is 22.2 Å². The highest BCUT2D eigenvalue weighted by Crippen LogP contribution is 2.24. The minimum atomic E-state index is 0.624. The molecule has 0 saturated heterocycles. The van der Waals surface area contributed by atoms with Crippen molar-refractivity contribution in [1.82, 2.24) is 4.57 Å². The van der Waals surface area contributed by atoms with Gasteiger partial charge in [0.05, 0.1) is 0 Å². The van der Waals surface area contributed by atoms with E-state index in [9.17, 15) is 4.79 Å². The summed E-state index contributed by atoms with van der Waals surface area (Å²) < 4.78 is 2.07. The molecule has 0 spiro atoms. The van der Waals surface area contributed by atoms with Crippen molar-refractivity contribution in [2.45, 2.75) is 6.54 Å². The zero-order chi connectivity index (χ0) is 14.1. The molecule has 0 amide bonds. The normalized spacial score (nSPS) is 10.9. The van der Waals surface area contributed by atoms with Gasteiger partial charge in [0.15, 0.2) is 0 Å². The molecule has 3 rings (SSSR count). The topological polar surface area (TPSA) is 22.0 Å². The van der Waals surface area contributed by atoms with E-state index in [0.717, 1.165) is 22.8 Å². The maximum atomic E-state index is 10.9. The number of aromatic nitrogens is 1. The molecule has 0 N–H and O–H groups in total. The van der Waals surface area contributed by atoms with Crippen molar-refractivity contribution in [3.8, 4) is 0 Å². The maximum absolute atomic E-state index is 10.9. The lowest BCUT2D eigenvalue weighted by Crippen LogP contribution is -1.99. The smallest absolute Gasteiger partial charge is 0.150 e. The van der Waals surface area contributed by atoms with Crippen LogP contribution in [0.3, 0.4) is 0 Å². The second-order valence-corrected chi connectivity index (χ2v) is 5.46. The summed E-state index contributed by atoms with van der Waals surface area (Å²) in [4.78, 5) is 10.9. The summed E-state index contributed by atoms with van der Waals surface area (Å²) in [6.45, 7) is 0.641. The Labute approximate surface area is 126 Å². The molecule has 0 atom stereocenters. The Kier molecular flexibility index (Phi) is 3.51. The Balaban J connectivity index is 2.04. The molecule has 0 saturated carbocycles. The van der Waals surface area contributed by atoms with Gasteiger partial charge in [-0.3, -0.25) is 4.79 Å². The highest BCUT2D eigenvalue weighted by Gasteiger charge is 2.06. The molecule has 0 fully saturated rings. The van der Waals surface area contributed by atoms with Gasteiger partial charge in [0.1, 0.15) is 6.29 Å². The van der Waals surface area contributed by atoms with Crippen LogP contribution >= 0.6 is 23.2 Å². The van der Waals surface area contributed by atoms with Crippen molar-refractivity contribution >= 4 is 40.4 Å². The lowest BCUT2D eigenvalue weighted by molar-refractivity contribution is 0.112. The van der Waals surface area contributed by atoms with Crippen LogP contribution in [0.5, 0.6) is 0 Å². The van der Waals surface area contributed by atoms with Crippen LogP contribution in [-0.2, 0) is 6.54 Å². The number of hydrogen-bond acceptors (Lipinski definition) is 1. The van der Waals surface area contributed by atoms with Crippen LogP contribution < -0.4 is 0 Å². The van der Waals surface area contributed by atoms with E-state index in [1.54, 1.807) is 6.07 Å². The number of carbonyl (C=O) groups is 1. The first-order valence-corrected chi connectivity index (χ1v) is 6.91.